The fourth-order valence-electron chi connectivity index (χ4n) is 3.85. The molecule has 0 spiro atoms. The van der Waals surface area contributed by atoms with Gasteiger partial charge in [-0.2, -0.15) is 0 Å². The van der Waals surface area contributed by atoms with Gasteiger partial charge in [0, 0.05) is 0 Å². The Labute approximate surface area is 134 Å². The van der Waals surface area contributed by atoms with Gasteiger partial charge in [-0.25, -0.2) is 0 Å². The number of aliphatic carboxylic acids is 1. The van der Waals surface area contributed by atoms with Crippen molar-refractivity contribution in [1.29, 1.82) is 0 Å². The van der Waals surface area contributed by atoms with Gasteiger partial charge >= 0.3 is 5.97 Å². The topological polar surface area (TPSA) is 37.3 Å². The van der Waals surface area contributed by atoms with Crippen LogP contribution < -0.4 is 0 Å². The highest BCUT2D eigenvalue weighted by Crippen LogP contribution is 2.45. The first-order valence-corrected chi connectivity index (χ1v) is 8.41. The van der Waals surface area contributed by atoms with Crippen LogP contribution in [0.3, 0.4) is 0 Å². The molecule has 1 aromatic carbocycles. The summed E-state index contributed by atoms with van der Waals surface area (Å²) in [6.07, 6.45) is 3.74. The van der Waals surface area contributed by atoms with Crippen molar-refractivity contribution in [1.82, 2.24) is 0 Å². The summed E-state index contributed by atoms with van der Waals surface area (Å²) in [5.41, 5.74) is 2.97. The Morgan fingerprint density at radius 1 is 1.14 bits per heavy atom. The summed E-state index contributed by atoms with van der Waals surface area (Å²) in [5.74, 6) is 0.0795. The monoisotopic (exact) mass is 302 g/mol. The zero-order chi connectivity index (χ0) is 16.5. The van der Waals surface area contributed by atoms with Gasteiger partial charge < -0.3 is 5.11 Å². The van der Waals surface area contributed by atoms with Crippen LogP contribution in [-0.2, 0) is 10.2 Å². The maximum absolute atomic E-state index is 11.1. The Kier molecular flexibility index (Phi) is 4.70. The lowest BCUT2D eigenvalue weighted by Crippen LogP contribution is -2.24. The third kappa shape index (κ3) is 4.59. The van der Waals surface area contributed by atoms with Gasteiger partial charge in [-0.05, 0) is 53.1 Å². The molecule has 0 aliphatic heterocycles. The van der Waals surface area contributed by atoms with Gasteiger partial charge in [0.2, 0.25) is 0 Å². The van der Waals surface area contributed by atoms with Crippen LogP contribution in [0.5, 0.6) is 0 Å². The van der Waals surface area contributed by atoms with Crippen molar-refractivity contribution in [3.8, 4) is 0 Å². The second-order valence-electron chi connectivity index (χ2n) is 8.79. The SMILES string of the molecule is CC(C)(C)CC(C)(C)c1ccc(C(CC(=O)O)C2CC2)cc1. The molecule has 1 fully saturated rings. The van der Waals surface area contributed by atoms with E-state index in [1.54, 1.807) is 0 Å². The number of carbonyl (C=O) groups is 1. The van der Waals surface area contributed by atoms with E-state index >= 15 is 0 Å². The van der Waals surface area contributed by atoms with Gasteiger partial charge in [0.1, 0.15) is 0 Å². The zero-order valence-corrected chi connectivity index (χ0v) is 14.6. The van der Waals surface area contributed by atoms with Crippen LogP contribution in [0.25, 0.3) is 0 Å². The van der Waals surface area contributed by atoms with E-state index in [0.717, 1.165) is 6.42 Å². The average Bonchev–Trinajstić information content (AvgIpc) is 3.17. The molecule has 1 atom stereocenters. The van der Waals surface area contributed by atoms with E-state index in [1.807, 2.05) is 0 Å². The summed E-state index contributed by atoms with van der Waals surface area (Å²) >= 11 is 0. The predicted molar refractivity (Wildman–Crippen MR) is 91.3 cm³/mol. The van der Waals surface area contributed by atoms with Crippen LogP contribution in [0.15, 0.2) is 24.3 Å². The molecule has 1 aromatic rings. The molecule has 0 amide bonds. The molecule has 2 nitrogen and oxygen atoms in total. The molecule has 0 aromatic heterocycles. The van der Waals surface area contributed by atoms with E-state index in [0.29, 0.717) is 11.3 Å². The molecule has 0 bridgehead atoms. The molecule has 1 saturated carbocycles. The van der Waals surface area contributed by atoms with Crippen molar-refractivity contribution >= 4 is 5.97 Å². The smallest absolute Gasteiger partial charge is 0.303 e. The highest BCUT2D eigenvalue weighted by Gasteiger charge is 2.34. The maximum atomic E-state index is 11.1. The molecule has 1 N–H and O–H groups in total. The minimum atomic E-state index is -0.686. The van der Waals surface area contributed by atoms with Crippen LogP contribution >= 0.6 is 0 Å². The molecule has 0 radical (unpaired) electrons. The van der Waals surface area contributed by atoms with Crippen molar-refractivity contribution < 1.29 is 9.90 Å². The van der Waals surface area contributed by atoms with E-state index in [9.17, 15) is 4.79 Å². The fraction of sp³-hybridized carbons (Fsp3) is 0.650. The standard InChI is InChI=1S/C20H30O2/c1-19(2,3)13-20(4,5)16-10-8-15(9-11-16)17(12-18(21)22)14-6-7-14/h8-11,14,17H,6-7,12-13H2,1-5H3,(H,21,22). The summed E-state index contributed by atoms with van der Waals surface area (Å²) in [4.78, 5) is 11.1. The molecule has 122 valence electrons. The van der Waals surface area contributed by atoms with Crippen molar-refractivity contribution in [2.75, 3.05) is 0 Å². The van der Waals surface area contributed by atoms with E-state index in [1.165, 1.54) is 24.0 Å². The second kappa shape index (κ2) is 6.06. The van der Waals surface area contributed by atoms with E-state index in [2.05, 4.69) is 58.9 Å². The molecule has 1 aliphatic rings. The largest absolute Gasteiger partial charge is 0.481 e. The van der Waals surface area contributed by atoms with Gasteiger partial charge in [0.25, 0.3) is 0 Å². The minimum absolute atomic E-state index is 0.138. The van der Waals surface area contributed by atoms with Crippen LogP contribution in [0.4, 0.5) is 0 Å². The van der Waals surface area contributed by atoms with Crippen molar-refractivity contribution in [3.05, 3.63) is 35.4 Å². The van der Waals surface area contributed by atoms with Crippen LogP contribution in [0.1, 0.15) is 77.3 Å². The van der Waals surface area contributed by atoms with E-state index in [4.69, 9.17) is 5.11 Å². The summed E-state index contributed by atoms with van der Waals surface area (Å²) < 4.78 is 0. The van der Waals surface area contributed by atoms with Gasteiger partial charge in [-0.15, -0.1) is 0 Å². The number of benzene rings is 1. The second-order valence-corrected chi connectivity index (χ2v) is 8.79. The number of carboxylic acid groups (broad SMARTS) is 1. The molecule has 1 aliphatic carbocycles. The van der Waals surface area contributed by atoms with Gasteiger partial charge in [0.05, 0.1) is 6.42 Å². The Hall–Kier alpha value is -1.31. The predicted octanol–water partition coefficient (Wildman–Crippen LogP) is 5.37. The quantitative estimate of drug-likeness (QED) is 0.767. The lowest BCUT2D eigenvalue weighted by Gasteiger charge is -2.33. The third-order valence-corrected chi connectivity index (χ3v) is 4.68. The molecule has 22 heavy (non-hydrogen) atoms. The fourth-order valence-corrected chi connectivity index (χ4v) is 3.85. The number of hydrogen-bond donors (Lipinski definition) is 1. The lowest BCUT2D eigenvalue weighted by molar-refractivity contribution is -0.137. The van der Waals surface area contributed by atoms with Crippen molar-refractivity contribution in [3.63, 3.8) is 0 Å². The zero-order valence-electron chi connectivity index (χ0n) is 14.6. The maximum Gasteiger partial charge on any atom is 0.303 e. The first-order chi connectivity index (χ1) is 10.1. The molecular formula is C20H30O2. The lowest BCUT2D eigenvalue weighted by atomic mass is 9.72. The highest BCUT2D eigenvalue weighted by atomic mass is 16.4. The first kappa shape index (κ1) is 17.1. The van der Waals surface area contributed by atoms with Gasteiger partial charge in [-0.3, -0.25) is 4.79 Å². The van der Waals surface area contributed by atoms with Crippen molar-refractivity contribution in [2.45, 2.75) is 71.6 Å². The Balaban J connectivity index is 2.16. The number of hydrogen-bond acceptors (Lipinski definition) is 1. The summed E-state index contributed by atoms with van der Waals surface area (Å²) in [6, 6.07) is 8.73. The van der Waals surface area contributed by atoms with Gasteiger partial charge in [0.15, 0.2) is 0 Å². The summed E-state index contributed by atoms with van der Waals surface area (Å²) in [6.45, 7) is 11.4. The van der Waals surface area contributed by atoms with E-state index in [-0.39, 0.29) is 17.8 Å². The highest BCUT2D eigenvalue weighted by molar-refractivity contribution is 5.68. The summed E-state index contributed by atoms with van der Waals surface area (Å²) in [5, 5.41) is 9.13. The third-order valence-electron chi connectivity index (χ3n) is 4.68. The van der Waals surface area contributed by atoms with Crippen molar-refractivity contribution in [2.24, 2.45) is 11.3 Å². The number of rotatable bonds is 6. The Morgan fingerprint density at radius 3 is 2.09 bits per heavy atom. The first-order valence-electron chi connectivity index (χ1n) is 8.41. The average molecular weight is 302 g/mol. The Bertz CT molecular complexity index is 516. The minimum Gasteiger partial charge on any atom is -0.481 e. The van der Waals surface area contributed by atoms with Crippen LogP contribution in [0, 0.1) is 11.3 Å². The molecule has 0 heterocycles. The Morgan fingerprint density at radius 2 is 1.68 bits per heavy atom. The molecule has 1 unspecified atom stereocenters. The van der Waals surface area contributed by atoms with E-state index < -0.39 is 5.97 Å². The molecule has 2 heteroatoms. The van der Waals surface area contributed by atoms with Crippen LogP contribution in [0.2, 0.25) is 0 Å². The molecular weight excluding hydrogens is 272 g/mol. The van der Waals surface area contributed by atoms with Crippen LogP contribution in [-0.4, -0.2) is 11.1 Å². The van der Waals surface area contributed by atoms with Gasteiger partial charge in [-0.1, -0.05) is 58.9 Å². The normalized spacial score (nSPS) is 17.3. The summed E-state index contributed by atoms with van der Waals surface area (Å²) in [7, 11) is 0. The number of carboxylic acids is 1. The molecule has 2 rings (SSSR count). The molecule has 0 saturated heterocycles.